The van der Waals surface area contributed by atoms with Crippen molar-refractivity contribution >= 4 is 28.3 Å². The summed E-state index contributed by atoms with van der Waals surface area (Å²) < 4.78 is 20.8. The molecular weight excluding hydrogens is 631 g/mol. The minimum Gasteiger partial charge on any atom is -0.462 e. The van der Waals surface area contributed by atoms with Crippen LogP contribution in [-0.4, -0.2) is 33.8 Å². The predicted molar refractivity (Wildman–Crippen MR) is 190 cm³/mol. The van der Waals surface area contributed by atoms with Gasteiger partial charge in [-0.05, 0) is 110 Å². The SMILES string of the molecule is CC(=O)O[C@H]1CC[C@H]2[C@@H]3CCC4=CC(=O)CCC4=C3[C@@H](CCCCCCC(=O)c3cc(Cc4n[nH]c(=O)c5ccccc45)ccc3F)C[C@]12C. The van der Waals surface area contributed by atoms with E-state index in [1.54, 1.807) is 29.8 Å². The summed E-state index contributed by atoms with van der Waals surface area (Å²) >= 11 is 0. The number of nitrogens with zero attached hydrogens (tertiary/aromatic N) is 1. The maximum atomic E-state index is 14.9. The van der Waals surface area contributed by atoms with E-state index in [9.17, 15) is 23.6 Å². The maximum absolute atomic E-state index is 14.9. The second-order valence-electron chi connectivity index (χ2n) is 15.3. The van der Waals surface area contributed by atoms with Crippen molar-refractivity contribution in [2.24, 2.45) is 23.2 Å². The minimum atomic E-state index is -0.518. The van der Waals surface area contributed by atoms with Gasteiger partial charge >= 0.3 is 5.97 Å². The van der Waals surface area contributed by atoms with Crippen LogP contribution < -0.4 is 5.56 Å². The van der Waals surface area contributed by atoms with Gasteiger partial charge in [0.2, 0.25) is 0 Å². The summed E-state index contributed by atoms with van der Waals surface area (Å²) in [5.41, 5.74) is 5.54. The third-order valence-electron chi connectivity index (χ3n) is 12.2. The molecule has 4 aliphatic carbocycles. The Morgan fingerprint density at radius 2 is 1.78 bits per heavy atom. The number of allylic oxidation sites excluding steroid dienone is 4. The fourth-order valence-electron chi connectivity index (χ4n) is 10.00. The number of aromatic amines is 1. The monoisotopic (exact) mass is 678 g/mol. The van der Waals surface area contributed by atoms with Gasteiger partial charge in [0.15, 0.2) is 11.6 Å². The Morgan fingerprint density at radius 3 is 2.60 bits per heavy atom. The van der Waals surface area contributed by atoms with E-state index < -0.39 is 5.82 Å². The van der Waals surface area contributed by atoms with Gasteiger partial charge < -0.3 is 4.74 Å². The number of aromatic nitrogens is 2. The number of rotatable bonds is 11. The zero-order valence-corrected chi connectivity index (χ0v) is 29.2. The highest BCUT2D eigenvalue weighted by atomic mass is 19.1. The zero-order valence-electron chi connectivity index (χ0n) is 29.2. The lowest BCUT2D eigenvalue weighted by atomic mass is 9.53. The lowest BCUT2D eigenvalue weighted by Gasteiger charge is -2.52. The lowest BCUT2D eigenvalue weighted by Crippen LogP contribution is -2.46. The molecular formula is C42H47FN2O5. The van der Waals surface area contributed by atoms with Crippen LogP contribution in [-0.2, 0) is 20.7 Å². The Labute approximate surface area is 292 Å². The van der Waals surface area contributed by atoms with Crippen LogP contribution in [0.5, 0.6) is 0 Å². The van der Waals surface area contributed by atoms with Crippen LogP contribution in [0.1, 0.15) is 119 Å². The highest BCUT2D eigenvalue weighted by Crippen LogP contribution is 2.63. The Hall–Kier alpha value is -4.20. The molecule has 4 aliphatic rings. The first kappa shape index (κ1) is 34.3. The number of hydrogen-bond acceptors (Lipinski definition) is 6. The Morgan fingerprint density at radius 1 is 0.980 bits per heavy atom. The van der Waals surface area contributed by atoms with Crippen LogP contribution in [0.2, 0.25) is 0 Å². The van der Waals surface area contributed by atoms with E-state index in [1.165, 1.54) is 24.1 Å². The number of carbonyl (C=O) groups is 3. The number of carbonyl (C=O) groups excluding carboxylic acids is 3. The molecule has 1 N–H and O–H groups in total. The van der Waals surface area contributed by atoms with E-state index in [0.29, 0.717) is 48.1 Å². The van der Waals surface area contributed by atoms with Gasteiger partial charge in [0.1, 0.15) is 11.9 Å². The van der Waals surface area contributed by atoms with Crippen molar-refractivity contribution in [3.63, 3.8) is 0 Å². The summed E-state index contributed by atoms with van der Waals surface area (Å²) in [6, 6.07) is 11.9. The fraction of sp³-hybridized carbons (Fsp3) is 0.500. The van der Waals surface area contributed by atoms with Gasteiger partial charge in [-0.3, -0.25) is 19.2 Å². The first-order chi connectivity index (χ1) is 24.1. The van der Waals surface area contributed by atoms with Crippen LogP contribution in [0.4, 0.5) is 4.39 Å². The second-order valence-corrected chi connectivity index (χ2v) is 15.3. The number of halogens is 1. The largest absolute Gasteiger partial charge is 0.462 e. The van der Waals surface area contributed by atoms with Crippen molar-refractivity contribution in [1.29, 1.82) is 0 Å². The van der Waals surface area contributed by atoms with Gasteiger partial charge in [-0.2, -0.15) is 5.10 Å². The molecule has 0 spiro atoms. The maximum Gasteiger partial charge on any atom is 0.302 e. The number of H-pyrrole nitrogens is 1. The van der Waals surface area contributed by atoms with Crippen molar-refractivity contribution in [3.8, 4) is 0 Å². The highest BCUT2D eigenvalue weighted by Gasteiger charge is 2.57. The van der Waals surface area contributed by atoms with E-state index in [4.69, 9.17) is 4.74 Å². The zero-order chi connectivity index (χ0) is 35.0. The van der Waals surface area contributed by atoms with E-state index >= 15 is 0 Å². The summed E-state index contributed by atoms with van der Waals surface area (Å²) in [6.07, 6.45) is 13.6. The Kier molecular flexibility index (Phi) is 9.73. The summed E-state index contributed by atoms with van der Waals surface area (Å²) in [7, 11) is 0. The van der Waals surface area contributed by atoms with E-state index in [-0.39, 0.29) is 46.6 Å². The van der Waals surface area contributed by atoms with Crippen molar-refractivity contribution in [3.05, 3.63) is 98.3 Å². The molecule has 5 atom stereocenters. The van der Waals surface area contributed by atoms with Crippen LogP contribution in [0.25, 0.3) is 10.8 Å². The molecule has 1 aromatic heterocycles. The van der Waals surface area contributed by atoms with E-state index in [2.05, 4.69) is 17.1 Å². The average Bonchev–Trinajstić information content (AvgIpc) is 3.42. The molecule has 0 bridgehead atoms. The number of benzene rings is 2. The molecule has 262 valence electrons. The van der Waals surface area contributed by atoms with Gasteiger partial charge in [-0.1, -0.05) is 56.0 Å². The predicted octanol–water partition coefficient (Wildman–Crippen LogP) is 8.54. The lowest BCUT2D eigenvalue weighted by molar-refractivity contribution is -0.154. The number of fused-ring (bicyclic) bond motifs is 5. The molecule has 0 unspecified atom stereocenters. The number of nitrogens with one attached hydrogen (secondary N) is 1. The first-order valence-corrected chi connectivity index (χ1v) is 18.5. The highest BCUT2D eigenvalue weighted by molar-refractivity contribution is 5.96. The summed E-state index contributed by atoms with van der Waals surface area (Å²) in [4.78, 5) is 49.7. The van der Waals surface area contributed by atoms with Gasteiger partial charge in [0, 0.05) is 37.0 Å². The van der Waals surface area contributed by atoms with Gasteiger partial charge in [0.25, 0.3) is 5.56 Å². The molecule has 7 rings (SSSR count). The number of ketones is 2. The third-order valence-corrected chi connectivity index (χ3v) is 12.2. The molecule has 3 aromatic rings. The van der Waals surface area contributed by atoms with Crippen LogP contribution >= 0.6 is 0 Å². The summed E-state index contributed by atoms with van der Waals surface area (Å²) in [5.74, 6) is 0.723. The quantitative estimate of drug-likeness (QED) is 0.124. The fourth-order valence-corrected chi connectivity index (χ4v) is 10.00. The average molecular weight is 679 g/mol. The van der Waals surface area contributed by atoms with E-state index in [1.807, 2.05) is 18.2 Å². The smallest absolute Gasteiger partial charge is 0.302 e. The van der Waals surface area contributed by atoms with E-state index in [0.717, 1.165) is 75.2 Å². The topological polar surface area (TPSA) is 106 Å². The van der Waals surface area contributed by atoms with Crippen LogP contribution in [0, 0.1) is 29.0 Å². The third kappa shape index (κ3) is 6.66. The molecule has 8 heteroatoms. The molecule has 2 aromatic carbocycles. The van der Waals surface area contributed by atoms with Gasteiger partial charge in [0.05, 0.1) is 16.6 Å². The standard InChI is InChI=1S/C42H47FN2O5/c1-25(46)50-39-20-18-35-33-16-14-27-23-29(47)15-17-30(27)40(33)28(24-42(35,39)2)9-5-3-4-6-12-38(48)34-21-26(13-19-36(34)43)22-37-31-10-7-8-11-32(31)41(49)45-44-37/h7-8,10-11,13,19,21,23,28,33,35,39H,3-6,9,12,14-18,20,22,24H2,1-2H3,(H,45,49)/t28-,33-,35-,39-,42-/m0/s1. The number of ether oxygens (including phenoxy) is 1. The molecule has 0 radical (unpaired) electrons. The van der Waals surface area contributed by atoms with Crippen molar-refractivity contribution < 1.29 is 23.5 Å². The molecule has 7 nitrogen and oxygen atoms in total. The number of Topliss-reactive ketones (excluding diaryl/α,β-unsaturated/α-hetero) is 1. The second kappa shape index (κ2) is 14.2. The Balaban J connectivity index is 0.979. The van der Waals surface area contributed by atoms with Crippen molar-refractivity contribution in [2.75, 3.05) is 0 Å². The number of hydrogen-bond donors (Lipinski definition) is 1. The summed E-state index contributed by atoms with van der Waals surface area (Å²) in [6.45, 7) is 3.87. The number of esters is 1. The number of unbranched alkanes of at least 4 members (excludes halogenated alkanes) is 3. The van der Waals surface area contributed by atoms with Crippen molar-refractivity contribution in [1.82, 2.24) is 10.2 Å². The van der Waals surface area contributed by atoms with Crippen molar-refractivity contribution in [2.45, 2.75) is 110 Å². The molecule has 0 aliphatic heterocycles. The minimum absolute atomic E-state index is 0.0390. The van der Waals surface area contributed by atoms with Crippen LogP contribution in [0.15, 0.2) is 70.1 Å². The molecule has 50 heavy (non-hydrogen) atoms. The molecule has 2 fully saturated rings. The van der Waals surface area contributed by atoms with Gasteiger partial charge in [-0.15, -0.1) is 0 Å². The Bertz CT molecular complexity index is 1960. The normalized spacial score (nSPS) is 25.9. The molecule has 0 saturated heterocycles. The molecule has 0 amide bonds. The molecule has 2 saturated carbocycles. The molecule has 1 heterocycles. The summed E-state index contributed by atoms with van der Waals surface area (Å²) in [5, 5.41) is 8.07. The van der Waals surface area contributed by atoms with Gasteiger partial charge in [-0.25, -0.2) is 9.49 Å². The first-order valence-electron chi connectivity index (χ1n) is 18.5. The van der Waals surface area contributed by atoms with Crippen LogP contribution in [0.3, 0.4) is 0 Å².